The molecule has 162 valence electrons. The number of nitro groups is 2. The third-order valence-corrected chi connectivity index (χ3v) is 4.80. The van der Waals surface area contributed by atoms with Gasteiger partial charge in [0.1, 0.15) is 0 Å². The van der Waals surface area contributed by atoms with Gasteiger partial charge in [-0.15, -0.1) is 0 Å². The maximum Gasteiger partial charge on any atom is 0.277 e. The Kier molecular flexibility index (Phi) is 7.04. The molecule has 10 heteroatoms. The van der Waals surface area contributed by atoms with Crippen LogP contribution in [0.5, 0.6) is 23.0 Å². The molecule has 0 N–H and O–H groups in total. The number of benzene rings is 2. The molecule has 0 atom stereocenters. The zero-order valence-corrected chi connectivity index (χ0v) is 17.6. The Morgan fingerprint density at radius 3 is 1.20 bits per heavy atom. The number of methoxy groups -OCH3 is 4. The molecule has 0 amide bonds. The molecule has 0 radical (unpaired) electrons. The summed E-state index contributed by atoms with van der Waals surface area (Å²) in [5.74, 6) is 0.0114. The number of rotatable bonds is 9. The van der Waals surface area contributed by atoms with Gasteiger partial charge in [-0.05, 0) is 18.1 Å². The largest absolute Gasteiger partial charge is 0.493 e. The van der Waals surface area contributed by atoms with Crippen molar-refractivity contribution < 1.29 is 28.8 Å². The predicted molar refractivity (Wildman–Crippen MR) is 109 cm³/mol. The molecular weight excluding hydrogens is 396 g/mol. The van der Waals surface area contributed by atoms with Gasteiger partial charge in [0.2, 0.25) is 0 Å². The number of nitro benzene ring substituents is 2. The quantitative estimate of drug-likeness (QED) is 0.434. The van der Waals surface area contributed by atoms with Gasteiger partial charge >= 0.3 is 0 Å². The summed E-state index contributed by atoms with van der Waals surface area (Å²) < 4.78 is 21.0. The summed E-state index contributed by atoms with van der Waals surface area (Å²) in [5.41, 5.74) is 0.0804. The smallest absolute Gasteiger partial charge is 0.277 e. The van der Waals surface area contributed by atoms with E-state index in [1.165, 1.54) is 52.7 Å². The van der Waals surface area contributed by atoms with Gasteiger partial charge in [0.05, 0.1) is 50.4 Å². The van der Waals surface area contributed by atoms with Crippen LogP contribution in [0.1, 0.15) is 30.9 Å². The maximum atomic E-state index is 11.8. The van der Waals surface area contributed by atoms with Gasteiger partial charge in [0.25, 0.3) is 11.4 Å². The van der Waals surface area contributed by atoms with Gasteiger partial charge in [-0.2, -0.15) is 0 Å². The molecule has 30 heavy (non-hydrogen) atoms. The lowest BCUT2D eigenvalue weighted by Crippen LogP contribution is -2.14. The van der Waals surface area contributed by atoms with Crippen LogP contribution >= 0.6 is 0 Å². The third kappa shape index (κ3) is 4.22. The SMILES string of the molecule is COc1cc(C(c2cc(OC)c(OC)cc2[N+](=O)[O-])C(C)C)c([N+](=O)[O-])cc1OC. The molecule has 0 aliphatic heterocycles. The van der Waals surface area contributed by atoms with Crippen LogP contribution in [-0.4, -0.2) is 38.3 Å². The fourth-order valence-electron chi connectivity index (χ4n) is 3.47. The summed E-state index contributed by atoms with van der Waals surface area (Å²) in [6.45, 7) is 3.65. The van der Waals surface area contributed by atoms with Crippen LogP contribution in [0, 0.1) is 26.1 Å². The average Bonchev–Trinajstić information content (AvgIpc) is 2.72. The second-order valence-corrected chi connectivity index (χ2v) is 6.77. The number of hydrogen-bond donors (Lipinski definition) is 0. The van der Waals surface area contributed by atoms with Crippen molar-refractivity contribution >= 4 is 11.4 Å². The van der Waals surface area contributed by atoms with Crippen molar-refractivity contribution in [3.63, 3.8) is 0 Å². The fourth-order valence-corrected chi connectivity index (χ4v) is 3.47. The molecule has 0 saturated heterocycles. The van der Waals surface area contributed by atoms with Crippen molar-refractivity contribution in [2.24, 2.45) is 5.92 Å². The monoisotopic (exact) mass is 420 g/mol. The molecule has 2 aromatic rings. The first-order chi connectivity index (χ1) is 14.2. The van der Waals surface area contributed by atoms with E-state index in [0.29, 0.717) is 0 Å². The van der Waals surface area contributed by atoms with Gasteiger partial charge in [-0.3, -0.25) is 20.2 Å². The summed E-state index contributed by atoms with van der Waals surface area (Å²) >= 11 is 0. The zero-order chi connectivity index (χ0) is 22.6. The number of nitrogens with zero attached hydrogens (tertiary/aromatic N) is 2. The van der Waals surface area contributed by atoms with Crippen molar-refractivity contribution in [1.82, 2.24) is 0 Å². The highest BCUT2D eigenvalue weighted by molar-refractivity contribution is 5.62. The van der Waals surface area contributed by atoms with E-state index in [1.54, 1.807) is 0 Å². The lowest BCUT2D eigenvalue weighted by molar-refractivity contribution is -0.387. The highest BCUT2D eigenvalue weighted by Crippen LogP contribution is 2.47. The van der Waals surface area contributed by atoms with Gasteiger partial charge in [-0.25, -0.2) is 0 Å². The van der Waals surface area contributed by atoms with E-state index >= 15 is 0 Å². The number of hydrogen-bond acceptors (Lipinski definition) is 8. The molecule has 0 unspecified atom stereocenters. The number of ether oxygens (including phenoxy) is 4. The Bertz CT molecular complexity index is 885. The van der Waals surface area contributed by atoms with Gasteiger partial charge < -0.3 is 18.9 Å². The summed E-state index contributed by atoms with van der Waals surface area (Å²) in [5, 5.41) is 23.6. The highest BCUT2D eigenvalue weighted by atomic mass is 16.6. The van der Waals surface area contributed by atoms with Gasteiger partial charge in [0.15, 0.2) is 23.0 Å². The molecule has 0 fully saturated rings. The normalized spacial score (nSPS) is 10.8. The minimum absolute atomic E-state index is 0.192. The molecule has 0 heterocycles. The van der Waals surface area contributed by atoms with E-state index in [0.717, 1.165) is 0 Å². The summed E-state index contributed by atoms with van der Waals surface area (Å²) in [6, 6.07) is 5.50. The van der Waals surface area contributed by atoms with E-state index in [9.17, 15) is 20.2 Å². The van der Waals surface area contributed by atoms with Crippen LogP contribution in [0.25, 0.3) is 0 Å². The first kappa shape index (κ1) is 22.7. The minimum atomic E-state index is -0.703. The Balaban J connectivity index is 2.90. The Hall–Kier alpha value is -3.56. The van der Waals surface area contributed by atoms with Crippen LogP contribution in [-0.2, 0) is 0 Å². The van der Waals surface area contributed by atoms with Gasteiger partial charge in [0, 0.05) is 17.0 Å². The molecular formula is C20H24N2O8. The van der Waals surface area contributed by atoms with Crippen molar-refractivity contribution in [1.29, 1.82) is 0 Å². The standard InChI is InChI=1S/C20H24N2O8/c1-11(2)20(12-7-16(27-3)18(29-5)9-14(12)21(23)24)13-8-17(28-4)19(30-6)10-15(13)22(25)26/h7-11,20H,1-6H3. The molecule has 0 aliphatic carbocycles. The molecule has 2 aromatic carbocycles. The van der Waals surface area contributed by atoms with Crippen LogP contribution in [0.4, 0.5) is 11.4 Å². The van der Waals surface area contributed by atoms with Crippen LogP contribution < -0.4 is 18.9 Å². The topological polar surface area (TPSA) is 123 Å². The summed E-state index contributed by atoms with van der Waals surface area (Å²) in [4.78, 5) is 22.6. The molecule has 2 rings (SSSR count). The van der Waals surface area contributed by atoms with E-state index in [1.807, 2.05) is 13.8 Å². The first-order valence-electron chi connectivity index (χ1n) is 9.00. The molecule has 10 nitrogen and oxygen atoms in total. The highest BCUT2D eigenvalue weighted by Gasteiger charge is 2.34. The van der Waals surface area contributed by atoms with Crippen LogP contribution in [0.15, 0.2) is 24.3 Å². The molecule has 0 saturated carbocycles. The first-order valence-corrected chi connectivity index (χ1v) is 9.00. The Morgan fingerprint density at radius 1 is 0.667 bits per heavy atom. The average molecular weight is 420 g/mol. The molecule has 0 aromatic heterocycles. The summed E-state index contributed by atoms with van der Waals surface area (Å²) in [7, 11) is 5.58. The van der Waals surface area contributed by atoms with Crippen molar-refractivity contribution in [3.8, 4) is 23.0 Å². The van der Waals surface area contributed by atoms with Crippen molar-refractivity contribution in [2.45, 2.75) is 19.8 Å². The third-order valence-electron chi connectivity index (χ3n) is 4.80. The predicted octanol–water partition coefficient (Wildman–Crippen LogP) is 4.33. The van der Waals surface area contributed by atoms with E-state index in [2.05, 4.69) is 0 Å². The minimum Gasteiger partial charge on any atom is -0.493 e. The van der Waals surface area contributed by atoms with Crippen LogP contribution in [0.2, 0.25) is 0 Å². The lowest BCUT2D eigenvalue weighted by Gasteiger charge is -2.24. The van der Waals surface area contributed by atoms with Crippen molar-refractivity contribution in [3.05, 3.63) is 55.6 Å². The Morgan fingerprint density at radius 2 is 0.967 bits per heavy atom. The lowest BCUT2D eigenvalue weighted by atomic mass is 9.80. The fraction of sp³-hybridized carbons (Fsp3) is 0.400. The molecule has 0 aliphatic rings. The summed E-state index contributed by atoms with van der Waals surface area (Å²) in [6.07, 6.45) is 0. The van der Waals surface area contributed by atoms with Crippen LogP contribution in [0.3, 0.4) is 0 Å². The molecule has 0 spiro atoms. The molecule has 0 bridgehead atoms. The van der Waals surface area contributed by atoms with Crippen molar-refractivity contribution in [2.75, 3.05) is 28.4 Å². The van der Waals surface area contributed by atoms with E-state index in [-0.39, 0.29) is 51.4 Å². The van der Waals surface area contributed by atoms with Gasteiger partial charge in [-0.1, -0.05) is 13.8 Å². The Labute approximate surface area is 173 Å². The van der Waals surface area contributed by atoms with E-state index in [4.69, 9.17) is 18.9 Å². The second-order valence-electron chi connectivity index (χ2n) is 6.77. The maximum absolute atomic E-state index is 11.8. The van der Waals surface area contributed by atoms with E-state index < -0.39 is 15.8 Å². The second kappa shape index (κ2) is 9.29. The zero-order valence-electron chi connectivity index (χ0n) is 17.6.